The average Bonchev–Trinajstić information content (AvgIpc) is 2.79. The summed E-state index contributed by atoms with van der Waals surface area (Å²) in [4.78, 5) is 10.7. The highest BCUT2D eigenvalue weighted by Gasteiger charge is 2.44. The van der Waals surface area contributed by atoms with E-state index in [-0.39, 0.29) is 11.8 Å². The molecule has 4 heteroatoms. The second kappa shape index (κ2) is 3.55. The van der Waals surface area contributed by atoms with Gasteiger partial charge in [-0.2, -0.15) is 0 Å². The van der Waals surface area contributed by atoms with Crippen LogP contribution in [0.25, 0.3) is 0 Å². The highest BCUT2D eigenvalue weighted by molar-refractivity contribution is 9.10. The van der Waals surface area contributed by atoms with Crippen LogP contribution in [0.5, 0.6) is 0 Å². The lowest BCUT2D eigenvalue weighted by Gasteiger charge is -2.00. The van der Waals surface area contributed by atoms with Gasteiger partial charge in [0.2, 0.25) is 0 Å². The van der Waals surface area contributed by atoms with Crippen LogP contribution >= 0.6 is 27.5 Å². The van der Waals surface area contributed by atoms with E-state index in [0.717, 1.165) is 16.5 Å². The number of carboxylic acid groups (broad SMARTS) is 1. The standard InChI is InChI=1S/C10H8BrClO2/c11-6-1-5(2-7(12)3-6)8-4-9(8)10(13)14/h1-3,8-9H,4H2,(H,13,14)/t8-,9+/m1/s1. The number of hydrogen-bond donors (Lipinski definition) is 1. The van der Waals surface area contributed by atoms with Crippen molar-refractivity contribution in [3.05, 3.63) is 33.3 Å². The Kier molecular flexibility index (Phi) is 2.54. The van der Waals surface area contributed by atoms with Crippen LogP contribution in [-0.4, -0.2) is 11.1 Å². The van der Waals surface area contributed by atoms with Gasteiger partial charge in [0.05, 0.1) is 5.92 Å². The van der Waals surface area contributed by atoms with Crippen molar-refractivity contribution in [2.45, 2.75) is 12.3 Å². The molecule has 1 aromatic carbocycles. The fraction of sp³-hybridized carbons (Fsp3) is 0.300. The van der Waals surface area contributed by atoms with E-state index in [1.54, 1.807) is 6.07 Å². The summed E-state index contributed by atoms with van der Waals surface area (Å²) in [6, 6.07) is 5.56. The number of halogens is 2. The Morgan fingerprint density at radius 3 is 2.71 bits per heavy atom. The number of carboxylic acids is 1. The first kappa shape index (κ1) is 9.99. The smallest absolute Gasteiger partial charge is 0.307 e. The van der Waals surface area contributed by atoms with Gasteiger partial charge < -0.3 is 5.11 Å². The summed E-state index contributed by atoms with van der Waals surface area (Å²) in [5.74, 6) is -0.797. The van der Waals surface area contributed by atoms with E-state index in [0.29, 0.717) is 5.02 Å². The second-order valence-corrected chi connectivity index (χ2v) is 4.84. The molecule has 1 fully saturated rings. The molecule has 0 bridgehead atoms. The number of hydrogen-bond acceptors (Lipinski definition) is 1. The molecular formula is C10H8BrClO2. The van der Waals surface area contributed by atoms with Crippen LogP contribution < -0.4 is 0 Å². The fourth-order valence-corrected chi connectivity index (χ4v) is 2.51. The van der Waals surface area contributed by atoms with Crippen LogP contribution in [0, 0.1) is 5.92 Å². The molecule has 0 aliphatic heterocycles. The van der Waals surface area contributed by atoms with Gasteiger partial charge in [-0.1, -0.05) is 27.5 Å². The maximum absolute atomic E-state index is 10.7. The van der Waals surface area contributed by atoms with Crippen LogP contribution in [0.1, 0.15) is 17.9 Å². The minimum atomic E-state index is -0.717. The van der Waals surface area contributed by atoms with Crippen LogP contribution in [0.2, 0.25) is 5.02 Å². The minimum absolute atomic E-state index is 0.141. The normalized spacial score (nSPS) is 24.7. The summed E-state index contributed by atoms with van der Waals surface area (Å²) in [5.41, 5.74) is 1.01. The van der Waals surface area contributed by atoms with E-state index in [1.807, 2.05) is 12.1 Å². The molecule has 1 aliphatic carbocycles. The molecule has 1 aromatic rings. The van der Waals surface area contributed by atoms with Crippen molar-refractivity contribution in [1.29, 1.82) is 0 Å². The van der Waals surface area contributed by atoms with Crippen molar-refractivity contribution in [2.75, 3.05) is 0 Å². The van der Waals surface area contributed by atoms with Gasteiger partial charge in [0.15, 0.2) is 0 Å². The van der Waals surface area contributed by atoms with Crippen molar-refractivity contribution in [1.82, 2.24) is 0 Å². The Hall–Kier alpha value is -0.540. The lowest BCUT2D eigenvalue weighted by molar-refractivity contribution is -0.138. The molecule has 1 saturated carbocycles. The number of aliphatic carboxylic acids is 1. The Labute approximate surface area is 95.0 Å². The molecule has 14 heavy (non-hydrogen) atoms. The Bertz CT molecular complexity index is 371. The van der Waals surface area contributed by atoms with Crippen LogP contribution in [0.3, 0.4) is 0 Å². The van der Waals surface area contributed by atoms with E-state index in [4.69, 9.17) is 16.7 Å². The molecule has 0 spiro atoms. The molecule has 0 saturated heterocycles. The molecule has 0 aromatic heterocycles. The summed E-state index contributed by atoms with van der Waals surface area (Å²) >= 11 is 9.21. The van der Waals surface area contributed by atoms with E-state index in [1.165, 1.54) is 0 Å². The molecule has 0 amide bonds. The van der Waals surface area contributed by atoms with Gasteiger partial charge in [-0.05, 0) is 36.1 Å². The lowest BCUT2D eigenvalue weighted by atomic mass is 10.1. The third kappa shape index (κ3) is 1.93. The molecule has 0 radical (unpaired) electrons. The molecule has 2 atom stereocenters. The summed E-state index contributed by atoms with van der Waals surface area (Å²) in [6.07, 6.45) is 0.724. The molecule has 1 aliphatic rings. The first-order chi connectivity index (χ1) is 6.58. The first-order valence-corrected chi connectivity index (χ1v) is 5.44. The van der Waals surface area contributed by atoms with Gasteiger partial charge in [0.1, 0.15) is 0 Å². The zero-order chi connectivity index (χ0) is 10.3. The minimum Gasteiger partial charge on any atom is -0.481 e. The van der Waals surface area contributed by atoms with E-state index in [2.05, 4.69) is 15.9 Å². The van der Waals surface area contributed by atoms with Crippen LogP contribution in [0.15, 0.2) is 22.7 Å². The second-order valence-electron chi connectivity index (χ2n) is 3.49. The molecule has 0 unspecified atom stereocenters. The summed E-state index contributed by atoms with van der Waals surface area (Å²) in [7, 11) is 0. The van der Waals surface area contributed by atoms with Crippen molar-refractivity contribution < 1.29 is 9.90 Å². The molecule has 2 rings (SSSR count). The highest BCUT2D eigenvalue weighted by Crippen LogP contribution is 2.48. The lowest BCUT2D eigenvalue weighted by Crippen LogP contribution is -1.98. The van der Waals surface area contributed by atoms with E-state index >= 15 is 0 Å². The monoisotopic (exact) mass is 274 g/mol. The molecule has 0 heterocycles. The summed E-state index contributed by atoms with van der Waals surface area (Å²) in [6.45, 7) is 0. The van der Waals surface area contributed by atoms with Gasteiger partial charge in [0, 0.05) is 9.50 Å². The molecule has 74 valence electrons. The number of rotatable bonds is 2. The highest BCUT2D eigenvalue weighted by atomic mass is 79.9. The van der Waals surface area contributed by atoms with Crippen LogP contribution in [0.4, 0.5) is 0 Å². The average molecular weight is 276 g/mol. The summed E-state index contributed by atoms with van der Waals surface area (Å²) < 4.78 is 0.899. The number of benzene rings is 1. The third-order valence-electron chi connectivity index (χ3n) is 2.42. The van der Waals surface area contributed by atoms with Crippen molar-refractivity contribution in [3.8, 4) is 0 Å². The van der Waals surface area contributed by atoms with Gasteiger partial charge in [-0.3, -0.25) is 4.79 Å². The van der Waals surface area contributed by atoms with Crippen molar-refractivity contribution >= 4 is 33.5 Å². The Balaban J connectivity index is 2.23. The maximum atomic E-state index is 10.7. The SMILES string of the molecule is O=C(O)[C@H]1C[C@@H]1c1cc(Cl)cc(Br)c1. The largest absolute Gasteiger partial charge is 0.481 e. The molecule has 2 nitrogen and oxygen atoms in total. The van der Waals surface area contributed by atoms with Crippen LogP contribution in [-0.2, 0) is 4.79 Å². The van der Waals surface area contributed by atoms with Gasteiger partial charge in [0.25, 0.3) is 0 Å². The number of carbonyl (C=O) groups is 1. The van der Waals surface area contributed by atoms with E-state index in [9.17, 15) is 4.79 Å². The zero-order valence-corrected chi connectivity index (χ0v) is 9.55. The topological polar surface area (TPSA) is 37.3 Å². The van der Waals surface area contributed by atoms with Crippen molar-refractivity contribution in [3.63, 3.8) is 0 Å². The molecule has 1 N–H and O–H groups in total. The first-order valence-electron chi connectivity index (χ1n) is 4.26. The van der Waals surface area contributed by atoms with Crippen molar-refractivity contribution in [2.24, 2.45) is 5.92 Å². The third-order valence-corrected chi connectivity index (χ3v) is 3.10. The molecular weight excluding hydrogens is 267 g/mol. The van der Waals surface area contributed by atoms with Gasteiger partial charge >= 0.3 is 5.97 Å². The Morgan fingerprint density at radius 1 is 1.50 bits per heavy atom. The predicted octanol–water partition coefficient (Wildman–Crippen LogP) is 3.29. The quantitative estimate of drug-likeness (QED) is 0.899. The fourth-order valence-electron chi connectivity index (χ4n) is 1.63. The zero-order valence-electron chi connectivity index (χ0n) is 7.21. The predicted molar refractivity (Wildman–Crippen MR) is 57.6 cm³/mol. The Morgan fingerprint density at radius 2 is 2.21 bits per heavy atom. The van der Waals surface area contributed by atoms with Gasteiger partial charge in [-0.15, -0.1) is 0 Å². The maximum Gasteiger partial charge on any atom is 0.307 e. The van der Waals surface area contributed by atoms with Gasteiger partial charge in [-0.25, -0.2) is 0 Å². The van der Waals surface area contributed by atoms with E-state index < -0.39 is 5.97 Å². The summed E-state index contributed by atoms with van der Waals surface area (Å²) in [5, 5.41) is 9.42.